The second kappa shape index (κ2) is 8.19. The predicted molar refractivity (Wildman–Crippen MR) is 71.7 cm³/mol. The Kier molecular flexibility index (Phi) is 6.86. The lowest BCUT2D eigenvalue weighted by Gasteiger charge is -2.21. The van der Waals surface area contributed by atoms with E-state index in [9.17, 15) is 4.39 Å². The molecule has 0 aliphatic heterocycles. The number of ether oxygens (including phenoxy) is 1. The van der Waals surface area contributed by atoms with Gasteiger partial charge >= 0.3 is 0 Å². The Morgan fingerprint density at radius 2 is 2.06 bits per heavy atom. The van der Waals surface area contributed by atoms with Gasteiger partial charge in [-0.25, -0.2) is 4.39 Å². The minimum absolute atomic E-state index is 0.225. The van der Waals surface area contributed by atoms with Crippen molar-refractivity contribution in [3.63, 3.8) is 0 Å². The van der Waals surface area contributed by atoms with Gasteiger partial charge in [0.15, 0.2) is 0 Å². The van der Waals surface area contributed by atoms with Gasteiger partial charge in [-0.1, -0.05) is 13.0 Å². The molecular formula is C14H23FN2O. The molecule has 102 valence electrons. The highest BCUT2D eigenvalue weighted by Gasteiger charge is 2.08. The first-order valence-corrected chi connectivity index (χ1v) is 6.48. The normalized spacial score (nSPS) is 11.2. The number of hydrogen-bond donors (Lipinski definition) is 1. The molecule has 0 saturated carbocycles. The fourth-order valence-corrected chi connectivity index (χ4v) is 1.87. The first-order valence-electron chi connectivity index (χ1n) is 6.48. The second-order valence-corrected chi connectivity index (χ2v) is 4.18. The molecule has 0 spiro atoms. The summed E-state index contributed by atoms with van der Waals surface area (Å²) >= 11 is 0. The van der Waals surface area contributed by atoms with Gasteiger partial charge < -0.3 is 10.5 Å². The third-order valence-corrected chi connectivity index (χ3v) is 2.99. The zero-order valence-electron chi connectivity index (χ0n) is 11.3. The van der Waals surface area contributed by atoms with Gasteiger partial charge in [-0.15, -0.1) is 0 Å². The lowest BCUT2D eigenvalue weighted by molar-refractivity contribution is 0.113. The largest absolute Gasteiger partial charge is 0.380 e. The topological polar surface area (TPSA) is 38.5 Å². The van der Waals surface area contributed by atoms with Gasteiger partial charge in [-0.3, -0.25) is 4.90 Å². The maximum atomic E-state index is 13.1. The van der Waals surface area contributed by atoms with Gasteiger partial charge in [0.2, 0.25) is 0 Å². The Balaban J connectivity index is 2.63. The monoisotopic (exact) mass is 254 g/mol. The molecule has 0 aliphatic carbocycles. The molecule has 0 atom stereocenters. The Labute approximate surface area is 109 Å². The van der Waals surface area contributed by atoms with Crippen LogP contribution in [0.15, 0.2) is 18.2 Å². The summed E-state index contributed by atoms with van der Waals surface area (Å²) in [5, 5.41) is 0. The molecule has 0 unspecified atom stereocenters. The van der Waals surface area contributed by atoms with Gasteiger partial charge in [0.1, 0.15) is 5.82 Å². The third-order valence-electron chi connectivity index (χ3n) is 2.99. The number of hydrogen-bond acceptors (Lipinski definition) is 3. The number of benzene rings is 1. The van der Waals surface area contributed by atoms with Crippen LogP contribution in [0.2, 0.25) is 0 Å². The van der Waals surface area contributed by atoms with Crippen molar-refractivity contribution in [3.05, 3.63) is 35.1 Å². The highest BCUT2D eigenvalue weighted by atomic mass is 19.1. The van der Waals surface area contributed by atoms with Crippen molar-refractivity contribution in [2.24, 2.45) is 5.73 Å². The number of nitrogens with zero attached hydrogens (tertiary/aromatic N) is 1. The molecule has 0 heterocycles. The number of likely N-dealkylation sites (N-methyl/N-ethyl adjacent to an activating group) is 1. The number of halogens is 1. The molecule has 0 saturated heterocycles. The Hall–Kier alpha value is -0.970. The average molecular weight is 254 g/mol. The van der Waals surface area contributed by atoms with Crippen LogP contribution in [0.25, 0.3) is 0 Å². The molecule has 18 heavy (non-hydrogen) atoms. The number of nitrogens with two attached hydrogens (primary N) is 1. The summed E-state index contributed by atoms with van der Waals surface area (Å²) < 4.78 is 18.5. The summed E-state index contributed by atoms with van der Waals surface area (Å²) in [5.41, 5.74) is 7.62. The molecule has 1 aromatic carbocycles. The summed E-state index contributed by atoms with van der Waals surface area (Å²) in [7, 11) is 0. The second-order valence-electron chi connectivity index (χ2n) is 4.18. The molecule has 1 aromatic rings. The van der Waals surface area contributed by atoms with Crippen molar-refractivity contribution in [3.8, 4) is 0 Å². The van der Waals surface area contributed by atoms with Crippen LogP contribution >= 0.6 is 0 Å². The summed E-state index contributed by atoms with van der Waals surface area (Å²) in [6, 6.07) is 4.83. The van der Waals surface area contributed by atoms with Crippen molar-refractivity contribution in [2.45, 2.75) is 26.9 Å². The van der Waals surface area contributed by atoms with E-state index in [1.807, 2.05) is 13.0 Å². The highest BCUT2D eigenvalue weighted by molar-refractivity contribution is 5.27. The van der Waals surface area contributed by atoms with Gasteiger partial charge in [0.05, 0.1) is 6.61 Å². The minimum Gasteiger partial charge on any atom is -0.380 e. The van der Waals surface area contributed by atoms with E-state index in [-0.39, 0.29) is 5.82 Å². The van der Waals surface area contributed by atoms with Gasteiger partial charge in [0.25, 0.3) is 0 Å². The van der Waals surface area contributed by atoms with Crippen molar-refractivity contribution in [1.82, 2.24) is 4.90 Å². The quantitative estimate of drug-likeness (QED) is 0.722. The molecule has 0 bridgehead atoms. The van der Waals surface area contributed by atoms with Crippen LogP contribution in [-0.2, 0) is 17.8 Å². The summed E-state index contributed by atoms with van der Waals surface area (Å²) in [5.74, 6) is -0.225. The molecule has 0 radical (unpaired) electrons. The third kappa shape index (κ3) is 4.72. The van der Waals surface area contributed by atoms with E-state index in [1.165, 1.54) is 12.1 Å². The van der Waals surface area contributed by atoms with Gasteiger partial charge in [-0.2, -0.15) is 0 Å². The zero-order valence-corrected chi connectivity index (χ0v) is 11.3. The van der Waals surface area contributed by atoms with Crippen LogP contribution in [0, 0.1) is 5.82 Å². The van der Waals surface area contributed by atoms with Gasteiger partial charge in [-0.05, 0) is 36.7 Å². The van der Waals surface area contributed by atoms with Gasteiger partial charge in [0, 0.05) is 26.2 Å². The fourth-order valence-electron chi connectivity index (χ4n) is 1.87. The fraction of sp³-hybridized carbons (Fsp3) is 0.571. The van der Waals surface area contributed by atoms with Crippen molar-refractivity contribution in [2.75, 3.05) is 26.3 Å². The lowest BCUT2D eigenvalue weighted by atomic mass is 10.1. The minimum atomic E-state index is -0.225. The van der Waals surface area contributed by atoms with Crippen LogP contribution in [0.5, 0.6) is 0 Å². The predicted octanol–water partition coefficient (Wildman–Crippen LogP) is 2.14. The SMILES string of the molecule is CCOCCN(CC)Cc1ccc(F)cc1CN. The number of rotatable bonds is 8. The van der Waals surface area contributed by atoms with E-state index in [4.69, 9.17) is 10.5 Å². The maximum Gasteiger partial charge on any atom is 0.123 e. The van der Waals surface area contributed by atoms with E-state index in [0.29, 0.717) is 6.54 Å². The van der Waals surface area contributed by atoms with E-state index < -0.39 is 0 Å². The molecule has 1 rings (SSSR count). The molecule has 0 aliphatic rings. The van der Waals surface area contributed by atoms with Crippen LogP contribution in [-0.4, -0.2) is 31.2 Å². The molecule has 0 amide bonds. The average Bonchev–Trinajstić information content (AvgIpc) is 2.39. The van der Waals surface area contributed by atoms with Crippen LogP contribution in [0.3, 0.4) is 0 Å². The smallest absolute Gasteiger partial charge is 0.123 e. The molecule has 0 aromatic heterocycles. The van der Waals surface area contributed by atoms with E-state index in [2.05, 4.69) is 11.8 Å². The summed E-state index contributed by atoms with van der Waals surface area (Å²) in [4.78, 5) is 2.27. The summed E-state index contributed by atoms with van der Waals surface area (Å²) in [6.45, 7) is 8.54. The molecule has 2 N–H and O–H groups in total. The van der Waals surface area contributed by atoms with Crippen molar-refractivity contribution >= 4 is 0 Å². The Bertz CT molecular complexity index is 358. The van der Waals surface area contributed by atoms with E-state index in [0.717, 1.165) is 44.0 Å². The maximum absolute atomic E-state index is 13.1. The first kappa shape index (κ1) is 15.1. The van der Waals surface area contributed by atoms with E-state index >= 15 is 0 Å². The van der Waals surface area contributed by atoms with Crippen LogP contribution in [0.4, 0.5) is 4.39 Å². The van der Waals surface area contributed by atoms with Crippen molar-refractivity contribution in [1.29, 1.82) is 0 Å². The summed E-state index contributed by atoms with van der Waals surface area (Å²) in [6.07, 6.45) is 0. The highest BCUT2D eigenvalue weighted by Crippen LogP contribution is 2.13. The Morgan fingerprint density at radius 1 is 1.28 bits per heavy atom. The molecule has 4 heteroatoms. The zero-order chi connectivity index (χ0) is 13.4. The van der Waals surface area contributed by atoms with Crippen LogP contribution in [0.1, 0.15) is 25.0 Å². The molecule has 3 nitrogen and oxygen atoms in total. The Morgan fingerprint density at radius 3 is 2.67 bits per heavy atom. The standard InChI is InChI=1S/C14H23FN2O/c1-3-17(7-8-18-4-2)11-12-5-6-14(15)9-13(12)10-16/h5-6,9H,3-4,7-8,10-11,16H2,1-2H3. The van der Waals surface area contributed by atoms with Crippen molar-refractivity contribution < 1.29 is 9.13 Å². The molecule has 0 fully saturated rings. The van der Waals surface area contributed by atoms with E-state index in [1.54, 1.807) is 0 Å². The molecular weight excluding hydrogens is 231 g/mol. The van der Waals surface area contributed by atoms with Crippen LogP contribution < -0.4 is 5.73 Å². The first-order chi connectivity index (χ1) is 8.71. The lowest BCUT2D eigenvalue weighted by Crippen LogP contribution is -2.27.